The fourth-order valence-corrected chi connectivity index (χ4v) is 9.49. The first-order valence-corrected chi connectivity index (χ1v) is 21.1. The van der Waals surface area contributed by atoms with Gasteiger partial charge in [-0.2, -0.15) is 4.98 Å². The number of hydrogen-bond acceptors (Lipinski definition) is 14. The summed E-state index contributed by atoms with van der Waals surface area (Å²) >= 11 is 10.1. The third-order valence-electron chi connectivity index (χ3n) is 10.6. The standard InChI is InChI=1S/C39H41BrClN8O8P/c1-47(21-22-9-11-25-33(34(22)40)38(53)49(37(25)52)29-13-14-32(50)45-36(29)51)23-15-17-48(18-16-23)24-10-12-27(30(19-24)55-2)44-39-42-20-26(41)35(46-39)43-28-7-5-6-8-31(28)58(54,56-3)57-4/h5-12,19-20,23,29H,13-18,21H2,1-4H3,(H,45,50,51)(H2,42,43,44,46). The average molecular weight is 896 g/mol. The van der Waals surface area contributed by atoms with Crippen LogP contribution in [0.4, 0.5) is 28.8 Å². The number of hydrogen-bond donors (Lipinski definition) is 3. The summed E-state index contributed by atoms with van der Waals surface area (Å²) in [6, 6.07) is 15.4. The summed E-state index contributed by atoms with van der Waals surface area (Å²) in [6.07, 6.45) is 3.37. The van der Waals surface area contributed by atoms with E-state index in [1.54, 1.807) is 37.4 Å². The highest BCUT2D eigenvalue weighted by molar-refractivity contribution is 9.10. The predicted molar refractivity (Wildman–Crippen MR) is 222 cm³/mol. The normalized spacial score (nSPS) is 17.5. The largest absolute Gasteiger partial charge is 0.494 e. The van der Waals surface area contributed by atoms with Gasteiger partial charge in [-0.3, -0.25) is 38.9 Å². The predicted octanol–water partition coefficient (Wildman–Crippen LogP) is 6.00. The Hall–Kier alpha value is -4.90. The Bertz CT molecular complexity index is 2340. The van der Waals surface area contributed by atoms with Gasteiger partial charge in [0.25, 0.3) is 11.8 Å². The molecule has 1 unspecified atom stereocenters. The SMILES string of the molecule is COc1cc(N2CCC(N(C)Cc3ccc4c(c3Br)C(=O)N(C3CCC(=O)NC3=O)C4=O)CC2)ccc1Nc1ncc(Cl)c(Nc2ccccc2P(=O)(OC)OC)n1. The molecular weight excluding hydrogens is 855 g/mol. The first kappa shape index (κ1) is 41.3. The highest BCUT2D eigenvalue weighted by Gasteiger charge is 2.46. The van der Waals surface area contributed by atoms with Crippen LogP contribution in [0.25, 0.3) is 0 Å². The number of anilines is 5. The summed E-state index contributed by atoms with van der Waals surface area (Å²) < 4.78 is 29.9. The summed E-state index contributed by atoms with van der Waals surface area (Å²) in [6.45, 7) is 2.12. The number of piperidine rings is 2. The molecule has 7 rings (SSSR count). The first-order chi connectivity index (χ1) is 27.8. The third kappa shape index (κ3) is 8.07. The first-order valence-electron chi connectivity index (χ1n) is 18.4. The molecule has 1 aromatic heterocycles. The van der Waals surface area contributed by atoms with E-state index in [2.05, 4.69) is 51.6 Å². The molecule has 4 heterocycles. The van der Waals surface area contributed by atoms with Crippen molar-refractivity contribution in [2.75, 3.05) is 57.0 Å². The lowest BCUT2D eigenvalue weighted by Gasteiger charge is -2.38. The Morgan fingerprint density at radius 1 is 0.966 bits per heavy atom. The lowest BCUT2D eigenvalue weighted by molar-refractivity contribution is -0.136. The quantitative estimate of drug-likeness (QED) is 0.105. The number of nitrogens with one attached hydrogen (secondary N) is 3. The lowest BCUT2D eigenvalue weighted by Crippen LogP contribution is -2.54. The number of ether oxygens (including phenoxy) is 1. The lowest BCUT2D eigenvalue weighted by atomic mass is 10.0. The molecule has 3 aromatic carbocycles. The van der Waals surface area contributed by atoms with Crippen molar-refractivity contribution in [1.29, 1.82) is 0 Å². The molecule has 0 spiro atoms. The number of methoxy groups -OCH3 is 1. The second-order valence-electron chi connectivity index (χ2n) is 13.9. The second kappa shape index (κ2) is 17.1. The molecular formula is C39H41BrClN8O8P. The van der Waals surface area contributed by atoms with Crippen LogP contribution in [-0.4, -0.2) is 96.9 Å². The molecule has 3 N–H and O–H groups in total. The summed E-state index contributed by atoms with van der Waals surface area (Å²) in [7, 11) is 2.69. The van der Waals surface area contributed by atoms with Crippen molar-refractivity contribution in [2.24, 2.45) is 0 Å². The molecule has 0 aliphatic carbocycles. The maximum atomic E-state index is 13.5. The molecule has 4 aromatic rings. The number of carbonyl (C=O) groups is 4. The van der Waals surface area contributed by atoms with Crippen LogP contribution in [0.2, 0.25) is 5.02 Å². The highest BCUT2D eigenvalue weighted by atomic mass is 79.9. The zero-order chi connectivity index (χ0) is 41.3. The summed E-state index contributed by atoms with van der Waals surface area (Å²) in [4.78, 5) is 65.4. The number of rotatable bonds is 13. The van der Waals surface area contributed by atoms with E-state index in [1.807, 2.05) is 31.3 Å². The van der Waals surface area contributed by atoms with Crippen LogP contribution < -0.4 is 30.9 Å². The van der Waals surface area contributed by atoms with Crippen molar-refractivity contribution in [3.8, 4) is 5.75 Å². The van der Waals surface area contributed by atoms with Gasteiger partial charge in [0.15, 0.2) is 5.82 Å². The van der Waals surface area contributed by atoms with E-state index in [4.69, 9.17) is 25.4 Å². The van der Waals surface area contributed by atoms with Crippen LogP contribution in [-0.2, 0) is 29.7 Å². The van der Waals surface area contributed by atoms with E-state index >= 15 is 0 Å². The minimum Gasteiger partial charge on any atom is -0.494 e. The van der Waals surface area contributed by atoms with Gasteiger partial charge in [-0.05, 0) is 78.1 Å². The maximum absolute atomic E-state index is 13.5. The molecule has 16 nitrogen and oxygen atoms in total. The molecule has 2 fully saturated rings. The molecule has 3 aliphatic heterocycles. The van der Waals surface area contributed by atoms with E-state index in [-0.39, 0.29) is 46.8 Å². The Morgan fingerprint density at radius 3 is 2.41 bits per heavy atom. The monoisotopic (exact) mass is 894 g/mol. The minimum absolute atomic E-state index is 0.0610. The second-order valence-corrected chi connectivity index (χ2v) is 17.4. The smallest absolute Gasteiger partial charge is 0.362 e. The Kier molecular flexibility index (Phi) is 12.2. The van der Waals surface area contributed by atoms with Crippen LogP contribution in [0.5, 0.6) is 5.75 Å². The number of nitrogens with zero attached hydrogens (tertiary/aromatic N) is 5. The van der Waals surface area contributed by atoms with Crippen LogP contribution in [0, 0.1) is 0 Å². The molecule has 4 amide bonds. The van der Waals surface area contributed by atoms with Crippen LogP contribution in [0.1, 0.15) is 52.0 Å². The number of halogens is 2. The zero-order valence-electron chi connectivity index (χ0n) is 32.1. The fourth-order valence-electron chi connectivity index (χ4n) is 7.48. The van der Waals surface area contributed by atoms with Crippen LogP contribution >= 0.6 is 35.1 Å². The zero-order valence-corrected chi connectivity index (χ0v) is 35.3. The molecule has 2 saturated heterocycles. The van der Waals surface area contributed by atoms with Gasteiger partial charge in [-0.25, -0.2) is 4.98 Å². The van der Waals surface area contributed by atoms with Crippen molar-refractivity contribution in [1.82, 2.24) is 25.1 Å². The van der Waals surface area contributed by atoms with Crippen molar-refractivity contribution in [3.05, 3.63) is 87.0 Å². The number of fused-ring (bicyclic) bond motifs is 1. The Morgan fingerprint density at radius 2 is 1.71 bits per heavy atom. The summed E-state index contributed by atoms with van der Waals surface area (Å²) in [5.41, 5.74) is 3.40. The van der Waals surface area contributed by atoms with E-state index in [9.17, 15) is 23.7 Å². The van der Waals surface area contributed by atoms with Gasteiger partial charge in [0.05, 0.1) is 41.1 Å². The minimum atomic E-state index is -3.58. The third-order valence-corrected chi connectivity index (χ3v) is 13.7. The topological polar surface area (TPSA) is 185 Å². The molecule has 0 bridgehead atoms. The maximum Gasteiger partial charge on any atom is 0.362 e. The van der Waals surface area contributed by atoms with Gasteiger partial charge in [0.1, 0.15) is 16.8 Å². The Labute approximate surface area is 348 Å². The number of carbonyl (C=O) groups excluding carboxylic acids is 4. The average Bonchev–Trinajstić information content (AvgIpc) is 3.48. The van der Waals surface area contributed by atoms with Gasteiger partial charge >= 0.3 is 7.60 Å². The van der Waals surface area contributed by atoms with Gasteiger partial charge < -0.3 is 29.3 Å². The summed E-state index contributed by atoms with van der Waals surface area (Å²) in [5.74, 6) is -1.02. The highest BCUT2D eigenvalue weighted by Crippen LogP contribution is 2.47. The number of para-hydroxylation sites is 1. The molecule has 304 valence electrons. The van der Waals surface area contributed by atoms with Crippen molar-refractivity contribution < 1.29 is 37.5 Å². The van der Waals surface area contributed by atoms with Crippen molar-refractivity contribution in [3.63, 3.8) is 0 Å². The van der Waals surface area contributed by atoms with Crippen LogP contribution in [0.3, 0.4) is 0 Å². The summed E-state index contributed by atoms with van der Waals surface area (Å²) in [5, 5.41) is 9.14. The van der Waals surface area contributed by atoms with Crippen LogP contribution in [0.15, 0.2) is 65.3 Å². The Balaban J connectivity index is 0.984. The number of amides is 4. The van der Waals surface area contributed by atoms with Crippen molar-refractivity contribution >= 4 is 92.9 Å². The van der Waals surface area contributed by atoms with Gasteiger partial charge in [-0.1, -0.05) is 29.8 Å². The molecule has 0 radical (unpaired) electrons. The van der Waals surface area contributed by atoms with Gasteiger partial charge in [-0.15, -0.1) is 0 Å². The molecule has 3 aliphatic rings. The molecule has 0 saturated carbocycles. The molecule has 58 heavy (non-hydrogen) atoms. The van der Waals surface area contributed by atoms with E-state index < -0.39 is 37.3 Å². The number of benzene rings is 3. The van der Waals surface area contributed by atoms with Gasteiger partial charge in [0.2, 0.25) is 17.8 Å². The van der Waals surface area contributed by atoms with E-state index in [0.717, 1.165) is 42.1 Å². The van der Waals surface area contributed by atoms with Crippen molar-refractivity contribution in [2.45, 2.75) is 44.3 Å². The van der Waals surface area contributed by atoms with E-state index in [0.29, 0.717) is 33.4 Å². The fraction of sp³-hybridized carbons (Fsp3) is 0.333. The number of imide groups is 2. The molecule has 1 atom stereocenters. The van der Waals surface area contributed by atoms with Gasteiger partial charge in [0, 0.05) is 62.5 Å². The molecule has 19 heteroatoms. The number of aromatic nitrogens is 2. The van der Waals surface area contributed by atoms with E-state index in [1.165, 1.54) is 20.4 Å².